The highest BCUT2D eigenvalue weighted by atomic mass is 32.1. The molecule has 7 heteroatoms. The van der Waals surface area contributed by atoms with Crippen molar-refractivity contribution in [2.75, 3.05) is 5.32 Å². The number of hydrogen-bond donors (Lipinski definition) is 2. The molecule has 0 radical (unpaired) electrons. The molecule has 1 amide bonds. The van der Waals surface area contributed by atoms with E-state index in [-0.39, 0.29) is 35.6 Å². The summed E-state index contributed by atoms with van der Waals surface area (Å²) >= 11 is 1.64. The number of rotatable bonds is 4. The highest BCUT2D eigenvalue weighted by Gasteiger charge is 2.31. The van der Waals surface area contributed by atoms with Crippen LogP contribution in [-0.2, 0) is 24.2 Å². The van der Waals surface area contributed by atoms with E-state index in [1.807, 2.05) is 0 Å². The topological polar surface area (TPSA) is 84.2 Å². The number of nitrogens with zero attached hydrogens (tertiary/aromatic N) is 2. The number of amides is 1. The van der Waals surface area contributed by atoms with E-state index < -0.39 is 0 Å². The summed E-state index contributed by atoms with van der Waals surface area (Å²) in [6, 6.07) is 6.40. The van der Waals surface area contributed by atoms with Crippen LogP contribution in [0.2, 0.25) is 0 Å². The van der Waals surface area contributed by atoms with Crippen LogP contribution in [0.15, 0.2) is 35.4 Å². The standard InChI is InChI=1S/C23H27N3O3S/c1-23(2,3)14-7-8-17-18(11-14)30-21-20(17)22(29)26(13-24-21)10-9-19(28)25-15-5-4-6-16(27)12-15/h4-6,12-14,27H,7-11H2,1-3H3,(H,25,28). The van der Waals surface area contributed by atoms with Gasteiger partial charge in [-0.05, 0) is 48.3 Å². The van der Waals surface area contributed by atoms with Crippen LogP contribution >= 0.6 is 11.3 Å². The van der Waals surface area contributed by atoms with E-state index in [2.05, 4.69) is 31.1 Å². The van der Waals surface area contributed by atoms with Gasteiger partial charge in [0.2, 0.25) is 5.91 Å². The summed E-state index contributed by atoms with van der Waals surface area (Å²) in [6.45, 7) is 7.11. The molecule has 6 nitrogen and oxygen atoms in total. The molecule has 3 aromatic rings. The SMILES string of the molecule is CC(C)(C)C1CCc2c(sc3ncn(CCC(=O)Nc4cccc(O)c4)c(=O)c23)C1. The Morgan fingerprint density at radius 3 is 2.90 bits per heavy atom. The smallest absolute Gasteiger partial charge is 0.262 e. The third-order valence-electron chi connectivity index (χ3n) is 5.97. The minimum atomic E-state index is -0.215. The summed E-state index contributed by atoms with van der Waals surface area (Å²) in [5.74, 6) is 0.490. The molecule has 1 unspecified atom stereocenters. The molecule has 0 spiro atoms. The molecule has 2 N–H and O–H groups in total. The maximum absolute atomic E-state index is 13.1. The van der Waals surface area contributed by atoms with Crippen LogP contribution in [0.25, 0.3) is 10.2 Å². The van der Waals surface area contributed by atoms with Gasteiger partial charge in [-0.25, -0.2) is 4.98 Å². The van der Waals surface area contributed by atoms with Crippen LogP contribution < -0.4 is 10.9 Å². The number of aryl methyl sites for hydroxylation is 2. The van der Waals surface area contributed by atoms with Crippen LogP contribution in [-0.4, -0.2) is 20.6 Å². The first-order valence-corrected chi connectivity index (χ1v) is 11.1. The Hall–Kier alpha value is -2.67. The van der Waals surface area contributed by atoms with E-state index >= 15 is 0 Å². The molecule has 158 valence electrons. The van der Waals surface area contributed by atoms with Gasteiger partial charge < -0.3 is 10.4 Å². The number of phenols is 1. The average molecular weight is 426 g/mol. The summed E-state index contributed by atoms with van der Waals surface area (Å²) in [5, 5.41) is 13.0. The highest BCUT2D eigenvalue weighted by molar-refractivity contribution is 7.18. The fraction of sp³-hybridized carbons (Fsp3) is 0.435. The van der Waals surface area contributed by atoms with Gasteiger partial charge >= 0.3 is 0 Å². The zero-order chi connectivity index (χ0) is 21.5. The Kier molecular flexibility index (Phi) is 5.40. The maximum atomic E-state index is 13.1. The van der Waals surface area contributed by atoms with Gasteiger partial charge in [0.05, 0.1) is 11.7 Å². The summed E-state index contributed by atoms with van der Waals surface area (Å²) in [7, 11) is 0. The van der Waals surface area contributed by atoms with Crippen molar-refractivity contribution in [2.45, 2.75) is 53.0 Å². The van der Waals surface area contributed by atoms with E-state index in [9.17, 15) is 14.7 Å². The number of anilines is 1. The molecule has 1 atom stereocenters. The molecule has 4 rings (SSSR count). The number of aromatic nitrogens is 2. The average Bonchev–Trinajstić information content (AvgIpc) is 3.05. The van der Waals surface area contributed by atoms with Gasteiger partial charge in [-0.15, -0.1) is 11.3 Å². The van der Waals surface area contributed by atoms with E-state index in [1.165, 1.54) is 15.5 Å². The van der Waals surface area contributed by atoms with Gasteiger partial charge in [0.25, 0.3) is 5.56 Å². The van der Waals surface area contributed by atoms with Crippen molar-refractivity contribution < 1.29 is 9.90 Å². The van der Waals surface area contributed by atoms with Gasteiger partial charge in [-0.3, -0.25) is 14.2 Å². The number of carbonyl (C=O) groups excluding carboxylic acids is 1. The van der Waals surface area contributed by atoms with Gasteiger partial charge in [0, 0.05) is 29.6 Å². The van der Waals surface area contributed by atoms with Crippen molar-refractivity contribution in [3.63, 3.8) is 0 Å². The zero-order valence-corrected chi connectivity index (χ0v) is 18.4. The maximum Gasteiger partial charge on any atom is 0.262 e. The molecule has 1 aliphatic carbocycles. The number of aromatic hydroxyl groups is 1. The lowest BCUT2D eigenvalue weighted by molar-refractivity contribution is -0.116. The molecule has 30 heavy (non-hydrogen) atoms. The number of thiophene rings is 1. The van der Waals surface area contributed by atoms with Crippen molar-refractivity contribution in [1.29, 1.82) is 0 Å². The minimum absolute atomic E-state index is 0.0585. The molecular formula is C23H27N3O3S. The molecule has 2 heterocycles. The largest absolute Gasteiger partial charge is 0.508 e. The molecule has 0 fully saturated rings. The van der Waals surface area contributed by atoms with Gasteiger partial charge in [-0.2, -0.15) is 0 Å². The van der Waals surface area contributed by atoms with Crippen molar-refractivity contribution in [3.8, 4) is 5.75 Å². The monoisotopic (exact) mass is 425 g/mol. The first kappa shape index (κ1) is 20.6. The van der Waals surface area contributed by atoms with Crippen molar-refractivity contribution in [3.05, 3.63) is 51.4 Å². The quantitative estimate of drug-likeness (QED) is 0.651. The lowest BCUT2D eigenvalue weighted by Gasteiger charge is -2.33. The van der Waals surface area contributed by atoms with Crippen LogP contribution in [0.5, 0.6) is 5.75 Å². The molecule has 0 bridgehead atoms. The fourth-order valence-electron chi connectivity index (χ4n) is 4.13. The molecule has 0 aliphatic heterocycles. The summed E-state index contributed by atoms with van der Waals surface area (Å²) in [6.07, 6.45) is 4.71. The first-order valence-electron chi connectivity index (χ1n) is 10.3. The Balaban J connectivity index is 1.51. The molecule has 0 saturated carbocycles. The number of carbonyl (C=O) groups is 1. The number of phenolic OH excluding ortho intramolecular Hbond substituents is 1. The third-order valence-corrected chi connectivity index (χ3v) is 7.13. The van der Waals surface area contributed by atoms with Crippen LogP contribution in [0.4, 0.5) is 5.69 Å². The third kappa shape index (κ3) is 4.12. The summed E-state index contributed by atoms with van der Waals surface area (Å²) in [4.78, 5) is 32.0. The first-order chi connectivity index (χ1) is 14.2. The van der Waals surface area contributed by atoms with E-state index in [0.29, 0.717) is 11.6 Å². The predicted molar refractivity (Wildman–Crippen MR) is 120 cm³/mol. The molecule has 1 aromatic carbocycles. The number of benzene rings is 1. The Bertz CT molecular complexity index is 1160. The fourth-order valence-corrected chi connectivity index (χ4v) is 5.39. The van der Waals surface area contributed by atoms with Gasteiger partial charge in [-0.1, -0.05) is 26.8 Å². The van der Waals surface area contributed by atoms with Crippen molar-refractivity contribution >= 4 is 33.1 Å². The second kappa shape index (κ2) is 7.87. The number of nitrogens with one attached hydrogen (secondary N) is 1. The van der Waals surface area contributed by atoms with Crippen LogP contribution in [0.1, 0.15) is 44.1 Å². The van der Waals surface area contributed by atoms with E-state index in [0.717, 1.165) is 35.0 Å². The van der Waals surface area contributed by atoms with Gasteiger partial charge in [0.1, 0.15) is 10.6 Å². The lowest BCUT2D eigenvalue weighted by atomic mass is 9.72. The molecule has 2 aromatic heterocycles. The summed E-state index contributed by atoms with van der Waals surface area (Å²) < 4.78 is 1.53. The lowest BCUT2D eigenvalue weighted by Crippen LogP contribution is -2.27. The Morgan fingerprint density at radius 2 is 2.17 bits per heavy atom. The number of fused-ring (bicyclic) bond motifs is 3. The van der Waals surface area contributed by atoms with E-state index in [1.54, 1.807) is 35.9 Å². The van der Waals surface area contributed by atoms with Crippen LogP contribution in [0.3, 0.4) is 0 Å². The predicted octanol–water partition coefficient (Wildman–Crippen LogP) is 4.34. The van der Waals surface area contributed by atoms with Gasteiger partial charge in [0.15, 0.2) is 0 Å². The number of hydrogen-bond acceptors (Lipinski definition) is 5. The second-order valence-electron chi connectivity index (χ2n) is 9.08. The van der Waals surface area contributed by atoms with Crippen LogP contribution in [0, 0.1) is 11.3 Å². The summed E-state index contributed by atoms with van der Waals surface area (Å²) in [5.41, 5.74) is 1.88. The zero-order valence-electron chi connectivity index (χ0n) is 17.6. The van der Waals surface area contributed by atoms with Crippen molar-refractivity contribution in [2.24, 2.45) is 11.3 Å². The molecule has 1 aliphatic rings. The van der Waals surface area contributed by atoms with E-state index in [4.69, 9.17) is 0 Å². The minimum Gasteiger partial charge on any atom is -0.508 e. The van der Waals surface area contributed by atoms with Crippen molar-refractivity contribution in [1.82, 2.24) is 9.55 Å². The molecular weight excluding hydrogens is 398 g/mol. The second-order valence-corrected chi connectivity index (χ2v) is 10.2. The Labute approximate surface area is 179 Å². The Morgan fingerprint density at radius 1 is 1.37 bits per heavy atom. The molecule has 0 saturated heterocycles. The highest BCUT2D eigenvalue weighted by Crippen LogP contribution is 2.41. The normalized spacial score (nSPS) is 16.4.